The third-order valence-corrected chi connectivity index (χ3v) is 23.4. The molecule has 6 atom stereocenters. The van der Waals surface area contributed by atoms with Gasteiger partial charge in [-0.2, -0.15) is 0 Å². The predicted molar refractivity (Wildman–Crippen MR) is 292 cm³/mol. The third kappa shape index (κ3) is 12.8. The lowest BCUT2D eigenvalue weighted by molar-refractivity contribution is -0.0152. The Labute approximate surface area is 423 Å². The summed E-state index contributed by atoms with van der Waals surface area (Å²) in [7, 11) is 0. The Kier molecular flexibility index (Phi) is 19.1. The second kappa shape index (κ2) is 25.6. The lowest BCUT2D eigenvalue weighted by Crippen LogP contribution is -2.54. The van der Waals surface area contributed by atoms with Gasteiger partial charge in [-0.1, -0.05) is 153 Å². The van der Waals surface area contributed by atoms with Crippen LogP contribution < -0.4 is 0 Å². The van der Waals surface area contributed by atoms with Crippen molar-refractivity contribution in [3.8, 4) is 0 Å². The van der Waals surface area contributed by atoms with Crippen molar-refractivity contribution in [2.45, 2.75) is 333 Å². The van der Waals surface area contributed by atoms with Gasteiger partial charge in [0.2, 0.25) is 0 Å². The molecule has 10 saturated carbocycles. The van der Waals surface area contributed by atoms with E-state index >= 15 is 0 Å². The van der Waals surface area contributed by atoms with Crippen LogP contribution in [-0.4, -0.2) is 46.1 Å². The quantitative estimate of drug-likeness (QED) is 0.170. The molecule has 0 amide bonds. The zero-order valence-corrected chi connectivity index (χ0v) is 45.4. The maximum Gasteiger partial charge on any atom is 0.0104 e. The maximum absolute atomic E-state index is 3.31. The molecule has 0 aromatic heterocycles. The van der Waals surface area contributed by atoms with Crippen LogP contribution in [0.2, 0.25) is 0 Å². The van der Waals surface area contributed by atoms with Gasteiger partial charge in [0.15, 0.2) is 0 Å². The molecule has 10 aliphatic rings. The van der Waals surface area contributed by atoms with Crippen molar-refractivity contribution in [3.63, 3.8) is 0 Å². The van der Waals surface area contributed by atoms with E-state index in [4.69, 9.17) is 0 Å². The Hall–Kier alpha value is -0.600. The highest BCUT2D eigenvalue weighted by molar-refractivity contribution is 5.17. The monoisotopic (exact) mass is 933 g/mol. The van der Waals surface area contributed by atoms with Crippen LogP contribution in [0.25, 0.3) is 0 Å². The fraction of sp³-hybridized carbons (Fsp3) is 0.939. The van der Waals surface area contributed by atoms with Gasteiger partial charge < -0.3 is 0 Å². The molecule has 0 saturated heterocycles. The van der Waals surface area contributed by atoms with Gasteiger partial charge in [0.25, 0.3) is 0 Å². The van der Waals surface area contributed by atoms with E-state index < -0.39 is 0 Å². The summed E-state index contributed by atoms with van der Waals surface area (Å²) in [6, 6.07) is 5.26. The molecule has 0 bridgehead atoms. The number of allylic oxidation sites excluding steroid dienone is 4. The molecule has 10 fully saturated rings. The minimum Gasteiger partial charge on any atom is -0.294 e. The first-order chi connectivity index (χ1) is 33.6. The molecule has 0 aromatic rings. The van der Waals surface area contributed by atoms with Gasteiger partial charge in [-0.15, -0.1) is 0 Å². The summed E-state index contributed by atoms with van der Waals surface area (Å²) in [6.07, 6.45) is 72.2. The van der Waals surface area contributed by atoms with E-state index in [1.807, 2.05) is 11.1 Å². The fourth-order valence-electron chi connectivity index (χ4n) is 19.6. The average molecular weight is 934 g/mol. The summed E-state index contributed by atoms with van der Waals surface area (Å²) in [4.78, 5) is 6.62. The van der Waals surface area contributed by atoms with Crippen molar-refractivity contribution in [2.24, 2.45) is 59.2 Å². The van der Waals surface area contributed by atoms with Crippen LogP contribution in [0, 0.1) is 59.2 Å². The number of rotatable bonds is 13. The van der Waals surface area contributed by atoms with Gasteiger partial charge >= 0.3 is 0 Å². The molecule has 386 valence electrons. The molecule has 2 nitrogen and oxygen atoms in total. The van der Waals surface area contributed by atoms with E-state index in [9.17, 15) is 0 Å². The van der Waals surface area contributed by atoms with E-state index in [1.54, 1.807) is 25.7 Å². The lowest BCUT2D eigenvalue weighted by Gasteiger charge is -2.52. The van der Waals surface area contributed by atoms with Crippen LogP contribution in [-0.2, 0) is 0 Å². The maximum atomic E-state index is 3.31. The number of hydrogen-bond donors (Lipinski definition) is 0. The van der Waals surface area contributed by atoms with Crippen LogP contribution in [0.4, 0.5) is 0 Å². The molecule has 68 heavy (non-hydrogen) atoms. The van der Waals surface area contributed by atoms with Gasteiger partial charge in [0.05, 0.1) is 0 Å². The van der Waals surface area contributed by atoms with Crippen molar-refractivity contribution in [1.82, 2.24) is 9.80 Å². The van der Waals surface area contributed by atoms with Gasteiger partial charge in [-0.3, -0.25) is 9.80 Å². The summed E-state index contributed by atoms with van der Waals surface area (Å²) in [6.45, 7) is 5.42. The summed E-state index contributed by atoms with van der Waals surface area (Å²) in [5.41, 5.74) is 3.99. The second-order valence-electron chi connectivity index (χ2n) is 27.5. The smallest absolute Gasteiger partial charge is 0.0104 e. The van der Waals surface area contributed by atoms with E-state index in [0.717, 1.165) is 95.4 Å². The van der Waals surface area contributed by atoms with Crippen LogP contribution in [0.1, 0.15) is 296 Å². The Balaban J connectivity index is 0.749. The van der Waals surface area contributed by atoms with Crippen molar-refractivity contribution in [2.75, 3.05) is 0 Å². The summed E-state index contributed by atoms with van der Waals surface area (Å²) < 4.78 is 0. The Morgan fingerprint density at radius 3 is 0.794 bits per heavy atom. The zero-order valence-electron chi connectivity index (χ0n) is 45.4. The summed E-state index contributed by atoms with van der Waals surface area (Å²) in [5.74, 6) is 9.20. The Morgan fingerprint density at radius 1 is 0.265 bits per heavy atom. The average Bonchev–Trinajstić information content (AvgIpc) is 3.40. The van der Waals surface area contributed by atoms with Gasteiger partial charge in [0.1, 0.15) is 0 Å². The first-order valence-electron chi connectivity index (χ1n) is 32.5. The number of hydrogen-bond acceptors (Lipinski definition) is 2. The molecular weight excluding hydrogens is 821 g/mol. The SMILES string of the molecule is CC1CC(N(C2CCCCC2)C2CCC(C3CCC(N(C4CCCCC4)C4CCC(C=C(C5CCCCC5)C5CCCCC5)C(C)C4)CC3)CC2)CCC1C=C(C1CCCCC1)C1CCCCC1. The summed E-state index contributed by atoms with van der Waals surface area (Å²) >= 11 is 0. The first kappa shape index (κ1) is 50.9. The third-order valence-electron chi connectivity index (χ3n) is 23.4. The standard InChI is InChI=1S/C66H112N2/c1-49-45-63(43-37-57(49)47-65(53-21-9-3-10-22-53)54-23-11-4-12-24-54)67(59-29-17-7-18-30-59)61-39-33-51(34-40-61)52-35-41-62(42-36-52)68(60-31-19-8-20-32-60)64-44-38-58(50(2)46-64)48-66(55-25-13-5-14-26-55)56-27-15-6-16-28-56/h47-64H,3-46H2,1-2H3. The largest absolute Gasteiger partial charge is 0.294 e. The van der Waals surface area contributed by atoms with Crippen molar-refractivity contribution < 1.29 is 0 Å². The van der Waals surface area contributed by atoms with Crippen LogP contribution in [0.15, 0.2) is 23.3 Å². The van der Waals surface area contributed by atoms with E-state index in [1.165, 1.54) is 257 Å². The van der Waals surface area contributed by atoms with Crippen LogP contribution in [0.5, 0.6) is 0 Å². The molecule has 6 unspecified atom stereocenters. The summed E-state index contributed by atoms with van der Waals surface area (Å²) in [5, 5.41) is 0. The minimum atomic E-state index is 0.851. The van der Waals surface area contributed by atoms with E-state index in [-0.39, 0.29) is 0 Å². The molecular formula is C66H112N2. The van der Waals surface area contributed by atoms with E-state index in [2.05, 4.69) is 35.8 Å². The fourth-order valence-corrected chi connectivity index (χ4v) is 19.6. The first-order valence-corrected chi connectivity index (χ1v) is 32.5. The minimum absolute atomic E-state index is 0.851. The highest BCUT2D eigenvalue weighted by atomic mass is 15.2. The van der Waals surface area contributed by atoms with Gasteiger partial charge in [-0.25, -0.2) is 0 Å². The molecule has 0 aromatic carbocycles. The normalized spacial score (nSPS) is 37.8. The predicted octanol–water partition coefficient (Wildman–Crippen LogP) is 19.2. The zero-order chi connectivity index (χ0) is 46.1. The molecule has 10 aliphatic carbocycles. The highest BCUT2D eigenvalue weighted by Gasteiger charge is 2.43. The lowest BCUT2D eigenvalue weighted by atomic mass is 9.68. The van der Waals surface area contributed by atoms with E-state index in [0.29, 0.717) is 0 Å². The Morgan fingerprint density at radius 2 is 0.515 bits per heavy atom. The Bertz CT molecular complexity index is 1350. The van der Waals surface area contributed by atoms with Crippen molar-refractivity contribution in [3.05, 3.63) is 23.3 Å². The van der Waals surface area contributed by atoms with Crippen molar-refractivity contribution in [1.29, 1.82) is 0 Å². The number of nitrogens with zero attached hydrogens (tertiary/aromatic N) is 2. The molecule has 0 radical (unpaired) electrons. The molecule has 0 aliphatic heterocycles. The van der Waals surface area contributed by atoms with Crippen LogP contribution in [0.3, 0.4) is 0 Å². The van der Waals surface area contributed by atoms with Crippen LogP contribution >= 0.6 is 0 Å². The molecule has 10 rings (SSSR count). The van der Waals surface area contributed by atoms with Crippen molar-refractivity contribution >= 4 is 0 Å². The second-order valence-corrected chi connectivity index (χ2v) is 27.5. The topological polar surface area (TPSA) is 6.48 Å². The van der Waals surface area contributed by atoms with Gasteiger partial charge in [-0.05, 0) is 226 Å². The van der Waals surface area contributed by atoms with Gasteiger partial charge in [0, 0.05) is 36.3 Å². The molecule has 0 N–H and O–H groups in total. The molecule has 0 heterocycles. The highest BCUT2D eigenvalue weighted by Crippen LogP contribution is 2.49. The molecule has 2 heteroatoms. The molecule has 0 spiro atoms.